The van der Waals surface area contributed by atoms with Crippen molar-refractivity contribution in [3.8, 4) is 0 Å². The molecule has 0 atom stereocenters. The zero-order valence-corrected chi connectivity index (χ0v) is 13.6. The van der Waals surface area contributed by atoms with E-state index in [9.17, 15) is 0 Å². The highest BCUT2D eigenvalue weighted by molar-refractivity contribution is 5.39. The summed E-state index contributed by atoms with van der Waals surface area (Å²) in [5.74, 6) is 0.694. The van der Waals surface area contributed by atoms with Crippen LogP contribution in [0.3, 0.4) is 0 Å². The third kappa shape index (κ3) is 3.65. The fraction of sp³-hybridized carbons (Fsp3) is 0.667. The first-order valence-corrected chi connectivity index (χ1v) is 8.28. The first-order chi connectivity index (χ1) is 10.0. The zero-order valence-electron chi connectivity index (χ0n) is 13.6. The van der Waals surface area contributed by atoms with E-state index < -0.39 is 0 Å². The fourth-order valence-corrected chi connectivity index (χ4v) is 3.57. The Balaban J connectivity index is 1.67. The molecule has 3 rings (SSSR count). The van der Waals surface area contributed by atoms with Gasteiger partial charge in [0.1, 0.15) is 0 Å². The highest BCUT2D eigenvalue weighted by Gasteiger charge is 2.26. The summed E-state index contributed by atoms with van der Waals surface area (Å²) in [6, 6.07) is 6.89. The van der Waals surface area contributed by atoms with Crippen LogP contribution in [0.5, 0.6) is 0 Å². The first kappa shape index (κ1) is 15.0. The van der Waals surface area contributed by atoms with E-state index in [4.69, 9.17) is 4.84 Å². The van der Waals surface area contributed by atoms with Crippen molar-refractivity contribution in [2.24, 2.45) is 0 Å². The van der Waals surface area contributed by atoms with E-state index in [1.54, 1.807) is 16.7 Å². The summed E-state index contributed by atoms with van der Waals surface area (Å²) in [5.41, 5.74) is 4.62. The van der Waals surface area contributed by atoms with Crippen LogP contribution in [0.15, 0.2) is 18.2 Å². The van der Waals surface area contributed by atoms with Crippen molar-refractivity contribution in [1.29, 1.82) is 0 Å². The van der Waals surface area contributed by atoms with Crippen LogP contribution in [0.2, 0.25) is 0 Å². The Labute approximate surface area is 128 Å². The third-order valence-electron chi connectivity index (χ3n) is 4.48. The van der Waals surface area contributed by atoms with Crippen LogP contribution >= 0.6 is 0 Å². The molecule has 3 nitrogen and oxygen atoms in total. The first-order valence-electron chi connectivity index (χ1n) is 8.28. The maximum atomic E-state index is 6.00. The maximum absolute atomic E-state index is 6.00. The maximum Gasteiger partial charge on any atom is 0.0815 e. The lowest BCUT2D eigenvalue weighted by atomic mass is 9.84. The molecule has 1 aromatic carbocycles. The van der Waals surface area contributed by atoms with Gasteiger partial charge in [0.2, 0.25) is 0 Å². The van der Waals surface area contributed by atoms with Gasteiger partial charge in [-0.25, -0.2) is 0 Å². The van der Waals surface area contributed by atoms with Crippen LogP contribution in [0.4, 0.5) is 0 Å². The molecule has 0 aromatic heterocycles. The van der Waals surface area contributed by atoms with Crippen LogP contribution in [0.25, 0.3) is 0 Å². The van der Waals surface area contributed by atoms with E-state index in [0.717, 1.165) is 26.2 Å². The van der Waals surface area contributed by atoms with E-state index in [1.807, 2.05) is 0 Å². The van der Waals surface area contributed by atoms with Crippen molar-refractivity contribution < 1.29 is 4.84 Å². The lowest BCUT2D eigenvalue weighted by Crippen LogP contribution is -2.39. The Morgan fingerprint density at radius 2 is 1.95 bits per heavy atom. The number of nitrogens with zero attached hydrogens (tertiary/aromatic N) is 1. The molecule has 0 saturated carbocycles. The van der Waals surface area contributed by atoms with Crippen molar-refractivity contribution in [3.63, 3.8) is 0 Å². The van der Waals surface area contributed by atoms with Crippen LogP contribution in [-0.2, 0) is 17.8 Å². The molecule has 0 spiro atoms. The smallest absolute Gasteiger partial charge is 0.0815 e. The van der Waals surface area contributed by atoms with Gasteiger partial charge in [-0.1, -0.05) is 18.2 Å². The van der Waals surface area contributed by atoms with Gasteiger partial charge in [-0.15, -0.1) is 0 Å². The Bertz CT molecular complexity index is 484. The van der Waals surface area contributed by atoms with E-state index in [1.165, 1.54) is 19.3 Å². The molecule has 116 valence electrons. The van der Waals surface area contributed by atoms with Gasteiger partial charge in [0.15, 0.2) is 0 Å². The van der Waals surface area contributed by atoms with E-state index in [-0.39, 0.29) is 5.60 Å². The molecular formula is C18H28N2O. The molecule has 0 radical (unpaired) electrons. The SMILES string of the molecule is CC(C)(C)ON1CCC(c2cccc3c2CNCC3)CC1. The van der Waals surface area contributed by atoms with E-state index in [0.29, 0.717) is 5.92 Å². The van der Waals surface area contributed by atoms with Gasteiger partial charge in [0.25, 0.3) is 0 Å². The van der Waals surface area contributed by atoms with Gasteiger partial charge < -0.3 is 5.32 Å². The fourth-order valence-electron chi connectivity index (χ4n) is 3.57. The second kappa shape index (κ2) is 6.07. The number of benzene rings is 1. The molecule has 3 heteroatoms. The minimum atomic E-state index is -0.0807. The number of hydrogen-bond acceptors (Lipinski definition) is 3. The number of rotatable bonds is 2. The summed E-state index contributed by atoms with van der Waals surface area (Å²) >= 11 is 0. The average Bonchev–Trinajstić information content (AvgIpc) is 2.46. The van der Waals surface area contributed by atoms with Crippen molar-refractivity contribution in [2.45, 2.75) is 58.1 Å². The Morgan fingerprint density at radius 1 is 1.19 bits per heavy atom. The number of hydroxylamine groups is 2. The predicted molar refractivity (Wildman–Crippen MR) is 86.2 cm³/mol. The van der Waals surface area contributed by atoms with Gasteiger partial charge in [-0.3, -0.25) is 4.84 Å². The summed E-state index contributed by atoms with van der Waals surface area (Å²) in [6.45, 7) is 10.6. The lowest BCUT2D eigenvalue weighted by Gasteiger charge is -2.36. The number of piperidine rings is 1. The van der Waals surface area contributed by atoms with E-state index in [2.05, 4.69) is 49.4 Å². The molecular weight excluding hydrogens is 260 g/mol. The highest BCUT2D eigenvalue weighted by Crippen LogP contribution is 2.33. The monoisotopic (exact) mass is 288 g/mol. The van der Waals surface area contributed by atoms with Crippen molar-refractivity contribution in [1.82, 2.24) is 10.4 Å². The summed E-state index contributed by atoms with van der Waals surface area (Å²) in [7, 11) is 0. The molecule has 0 unspecified atom stereocenters. The summed E-state index contributed by atoms with van der Waals surface area (Å²) in [4.78, 5) is 6.00. The molecule has 0 aliphatic carbocycles. The third-order valence-corrected chi connectivity index (χ3v) is 4.48. The second-order valence-electron chi connectivity index (χ2n) is 7.32. The van der Waals surface area contributed by atoms with Crippen molar-refractivity contribution >= 4 is 0 Å². The molecule has 2 aliphatic heterocycles. The lowest BCUT2D eigenvalue weighted by molar-refractivity contribution is -0.236. The van der Waals surface area contributed by atoms with Crippen LogP contribution in [0, 0.1) is 0 Å². The predicted octanol–water partition coefficient (Wildman–Crippen LogP) is 3.24. The van der Waals surface area contributed by atoms with Gasteiger partial charge in [-0.2, -0.15) is 5.06 Å². The normalized spacial score (nSPS) is 21.3. The quantitative estimate of drug-likeness (QED) is 0.904. The Morgan fingerprint density at radius 3 is 2.67 bits per heavy atom. The molecule has 1 fully saturated rings. The van der Waals surface area contributed by atoms with Gasteiger partial charge >= 0.3 is 0 Å². The molecule has 2 heterocycles. The molecule has 2 aliphatic rings. The van der Waals surface area contributed by atoms with Gasteiger partial charge in [-0.05, 0) is 69.2 Å². The van der Waals surface area contributed by atoms with E-state index >= 15 is 0 Å². The molecule has 0 bridgehead atoms. The van der Waals surface area contributed by atoms with Crippen molar-refractivity contribution in [2.75, 3.05) is 19.6 Å². The molecule has 0 amide bonds. The standard InChI is InChI=1S/C18H28N2O/c1-18(2,3)21-20-11-8-15(9-12-20)16-6-4-5-14-7-10-19-13-17(14)16/h4-6,15,19H,7-13H2,1-3H3. The second-order valence-corrected chi connectivity index (χ2v) is 7.32. The molecule has 1 N–H and O–H groups in total. The highest BCUT2D eigenvalue weighted by atomic mass is 16.7. The van der Waals surface area contributed by atoms with Crippen LogP contribution in [0.1, 0.15) is 56.2 Å². The topological polar surface area (TPSA) is 24.5 Å². The number of hydrogen-bond donors (Lipinski definition) is 1. The summed E-state index contributed by atoms with van der Waals surface area (Å²) < 4.78 is 0. The number of fused-ring (bicyclic) bond motifs is 1. The molecule has 21 heavy (non-hydrogen) atoms. The molecule has 1 saturated heterocycles. The Kier molecular flexibility index (Phi) is 4.34. The van der Waals surface area contributed by atoms with Crippen LogP contribution in [-0.4, -0.2) is 30.3 Å². The molecule has 1 aromatic rings. The summed E-state index contributed by atoms with van der Waals surface area (Å²) in [5, 5.41) is 5.68. The van der Waals surface area contributed by atoms with Gasteiger partial charge in [0, 0.05) is 19.6 Å². The largest absolute Gasteiger partial charge is 0.312 e. The summed E-state index contributed by atoms with van der Waals surface area (Å²) in [6.07, 6.45) is 3.58. The average molecular weight is 288 g/mol. The van der Waals surface area contributed by atoms with Gasteiger partial charge in [0.05, 0.1) is 5.60 Å². The van der Waals surface area contributed by atoms with Crippen LogP contribution < -0.4 is 5.32 Å². The van der Waals surface area contributed by atoms with Crippen molar-refractivity contribution in [3.05, 3.63) is 34.9 Å². The number of nitrogens with one attached hydrogen (secondary N) is 1. The zero-order chi connectivity index (χ0) is 14.9. The minimum absolute atomic E-state index is 0.0807. The minimum Gasteiger partial charge on any atom is -0.312 e. The Hall–Kier alpha value is -0.900.